The Morgan fingerprint density at radius 1 is 1.16 bits per heavy atom. The van der Waals surface area contributed by atoms with E-state index in [9.17, 15) is 0 Å². The topological polar surface area (TPSA) is 59.6 Å². The van der Waals surface area contributed by atoms with Crippen LogP contribution in [-0.4, -0.2) is 12.6 Å². The van der Waals surface area contributed by atoms with Crippen molar-refractivity contribution in [3.8, 4) is 5.75 Å². The van der Waals surface area contributed by atoms with Gasteiger partial charge in [0, 0.05) is 10.7 Å². The Hall–Kier alpha value is -1.91. The number of nitrogens with one attached hydrogen (secondary N) is 1. The highest BCUT2D eigenvalue weighted by atomic mass is 35.5. The third-order valence-corrected chi connectivity index (χ3v) is 3.83. The van der Waals surface area contributed by atoms with Crippen LogP contribution in [0.25, 0.3) is 0 Å². The van der Waals surface area contributed by atoms with Crippen LogP contribution in [0.15, 0.2) is 53.5 Å². The number of nitrogens with two attached hydrogens (primary N) is 1. The molecule has 25 heavy (non-hydrogen) atoms. The monoisotopic (exact) mass is 381 g/mol. The van der Waals surface area contributed by atoms with Crippen molar-refractivity contribution in [3.63, 3.8) is 0 Å². The molecule has 0 fully saturated rings. The molecule has 6 heteroatoms. The minimum absolute atomic E-state index is 0. The summed E-state index contributed by atoms with van der Waals surface area (Å²) in [5, 5.41) is 3.80. The van der Waals surface area contributed by atoms with Gasteiger partial charge >= 0.3 is 0 Å². The number of benzene rings is 2. The summed E-state index contributed by atoms with van der Waals surface area (Å²) in [4.78, 5) is 4.46. The van der Waals surface area contributed by atoms with E-state index in [1.54, 1.807) is 0 Å². The first kappa shape index (κ1) is 21.1. The van der Waals surface area contributed by atoms with Crippen molar-refractivity contribution in [3.05, 3.63) is 59.1 Å². The van der Waals surface area contributed by atoms with Gasteiger partial charge in [0.15, 0.2) is 5.96 Å². The van der Waals surface area contributed by atoms with Crippen LogP contribution in [0.4, 0.5) is 5.69 Å². The largest absolute Gasteiger partial charge is 0.494 e. The molecule has 136 valence electrons. The summed E-state index contributed by atoms with van der Waals surface area (Å²) >= 11 is 5.90. The third kappa shape index (κ3) is 7.24. The van der Waals surface area contributed by atoms with Crippen LogP contribution in [0.2, 0.25) is 5.02 Å². The molecule has 0 heterocycles. The number of hydrogen-bond donors (Lipinski definition) is 2. The van der Waals surface area contributed by atoms with E-state index in [4.69, 9.17) is 22.1 Å². The SMILES string of the molecule is CCCCOc1ccc(NC(N)=NC(C)c2ccc(Cl)cc2)cc1.Cl. The summed E-state index contributed by atoms with van der Waals surface area (Å²) in [5.41, 5.74) is 7.93. The number of aliphatic imine (C=N–C) groups is 1. The molecule has 2 rings (SSSR count). The van der Waals surface area contributed by atoms with Crippen molar-refractivity contribution >= 4 is 35.7 Å². The molecule has 0 radical (unpaired) electrons. The van der Waals surface area contributed by atoms with Crippen LogP contribution >= 0.6 is 24.0 Å². The van der Waals surface area contributed by atoms with Crippen molar-refractivity contribution in [1.82, 2.24) is 0 Å². The molecule has 1 atom stereocenters. The van der Waals surface area contributed by atoms with Crippen LogP contribution in [-0.2, 0) is 0 Å². The Kier molecular flexibility index (Phi) is 9.17. The predicted molar refractivity (Wildman–Crippen MR) is 109 cm³/mol. The van der Waals surface area contributed by atoms with Crippen LogP contribution in [0, 0.1) is 0 Å². The smallest absolute Gasteiger partial charge is 0.193 e. The Morgan fingerprint density at radius 3 is 2.40 bits per heavy atom. The molecule has 0 saturated carbocycles. The quantitative estimate of drug-likeness (QED) is 0.381. The Balaban J connectivity index is 0.00000312. The van der Waals surface area contributed by atoms with E-state index in [-0.39, 0.29) is 18.4 Å². The molecule has 3 N–H and O–H groups in total. The average Bonchev–Trinajstić information content (AvgIpc) is 2.57. The van der Waals surface area contributed by atoms with Gasteiger partial charge in [0.2, 0.25) is 0 Å². The average molecular weight is 382 g/mol. The molecule has 0 saturated heterocycles. The molecule has 4 nitrogen and oxygen atoms in total. The summed E-state index contributed by atoms with van der Waals surface area (Å²) in [6.07, 6.45) is 2.18. The van der Waals surface area contributed by atoms with Crippen LogP contribution in [0.3, 0.4) is 0 Å². The molecule has 0 bridgehead atoms. The van der Waals surface area contributed by atoms with Gasteiger partial charge in [-0.15, -0.1) is 12.4 Å². The van der Waals surface area contributed by atoms with Gasteiger partial charge in [-0.1, -0.05) is 37.1 Å². The molecule has 0 aliphatic heterocycles. The van der Waals surface area contributed by atoms with Crippen LogP contribution in [0.1, 0.15) is 38.3 Å². The summed E-state index contributed by atoms with van der Waals surface area (Å²) in [7, 11) is 0. The van der Waals surface area contributed by atoms with Gasteiger partial charge < -0.3 is 15.8 Å². The standard InChI is InChI=1S/C19H24ClN3O.ClH/c1-3-4-13-24-18-11-9-17(10-12-18)23-19(21)22-14(2)15-5-7-16(20)8-6-15;/h5-12,14H,3-4,13H2,1-2H3,(H3,21,22,23);1H. The second-order valence-corrected chi connectivity index (χ2v) is 6.03. The highest BCUT2D eigenvalue weighted by Gasteiger charge is 2.05. The number of rotatable bonds is 7. The van der Waals surface area contributed by atoms with Crippen molar-refractivity contribution < 1.29 is 4.74 Å². The van der Waals surface area contributed by atoms with Gasteiger partial charge in [0.25, 0.3) is 0 Å². The van der Waals surface area contributed by atoms with Gasteiger partial charge in [-0.05, 0) is 55.3 Å². The minimum atomic E-state index is -0.0496. The third-order valence-electron chi connectivity index (χ3n) is 3.58. The molecule has 0 aromatic heterocycles. The number of halogens is 2. The second kappa shape index (κ2) is 10.9. The van der Waals surface area contributed by atoms with E-state index >= 15 is 0 Å². The van der Waals surface area contributed by atoms with Crippen molar-refractivity contribution in [1.29, 1.82) is 0 Å². The lowest BCUT2D eigenvalue weighted by molar-refractivity contribution is 0.309. The predicted octanol–water partition coefficient (Wildman–Crippen LogP) is 5.43. The van der Waals surface area contributed by atoms with E-state index in [0.29, 0.717) is 11.0 Å². The fraction of sp³-hybridized carbons (Fsp3) is 0.316. The van der Waals surface area contributed by atoms with Crippen molar-refractivity contribution in [2.24, 2.45) is 10.7 Å². The number of nitrogens with zero attached hydrogens (tertiary/aromatic N) is 1. The van der Waals surface area contributed by atoms with E-state index in [0.717, 1.165) is 36.4 Å². The van der Waals surface area contributed by atoms with Crippen LogP contribution < -0.4 is 15.8 Å². The van der Waals surface area contributed by atoms with Gasteiger partial charge in [0.1, 0.15) is 5.75 Å². The molecule has 1 unspecified atom stereocenters. The minimum Gasteiger partial charge on any atom is -0.494 e. The first-order chi connectivity index (χ1) is 11.6. The first-order valence-corrected chi connectivity index (χ1v) is 8.55. The van der Waals surface area contributed by atoms with Gasteiger partial charge in [0.05, 0.1) is 12.6 Å². The number of unbranched alkanes of at least 4 members (excludes halogenated alkanes) is 1. The van der Waals surface area contributed by atoms with E-state index in [1.165, 1.54) is 0 Å². The molecular weight excluding hydrogens is 357 g/mol. The molecule has 0 aliphatic carbocycles. The lowest BCUT2D eigenvalue weighted by atomic mass is 10.1. The van der Waals surface area contributed by atoms with Crippen molar-refractivity contribution in [2.75, 3.05) is 11.9 Å². The highest BCUT2D eigenvalue weighted by molar-refractivity contribution is 6.30. The fourth-order valence-corrected chi connectivity index (χ4v) is 2.30. The van der Waals surface area contributed by atoms with Crippen molar-refractivity contribution in [2.45, 2.75) is 32.7 Å². The molecule has 2 aromatic carbocycles. The van der Waals surface area contributed by atoms with Crippen LogP contribution in [0.5, 0.6) is 5.75 Å². The van der Waals surface area contributed by atoms with E-state index in [2.05, 4.69) is 17.2 Å². The van der Waals surface area contributed by atoms with Gasteiger partial charge in [-0.25, -0.2) is 4.99 Å². The highest BCUT2D eigenvalue weighted by Crippen LogP contribution is 2.20. The summed E-state index contributed by atoms with van der Waals surface area (Å²) in [6.45, 7) is 4.87. The molecule has 0 amide bonds. The van der Waals surface area contributed by atoms with Gasteiger partial charge in [-0.3, -0.25) is 0 Å². The number of ether oxygens (including phenoxy) is 1. The lowest BCUT2D eigenvalue weighted by Gasteiger charge is -2.11. The number of hydrogen-bond acceptors (Lipinski definition) is 2. The van der Waals surface area contributed by atoms with Gasteiger partial charge in [-0.2, -0.15) is 0 Å². The maximum atomic E-state index is 5.99. The maximum absolute atomic E-state index is 5.99. The Bertz CT molecular complexity index is 657. The first-order valence-electron chi connectivity index (χ1n) is 8.17. The Labute approximate surface area is 160 Å². The Morgan fingerprint density at radius 2 is 1.80 bits per heavy atom. The fourth-order valence-electron chi connectivity index (χ4n) is 2.17. The molecule has 0 aliphatic rings. The normalized spacial score (nSPS) is 12.2. The molecule has 0 spiro atoms. The zero-order chi connectivity index (χ0) is 17.4. The summed E-state index contributed by atoms with van der Waals surface area (Å²) in [5.74, 6) is 1.23. The van der Waals surface area contributed by atoms with E-state index < -0.39 is 0 Å². The maximum Gasteiger partial charge on any atom is 0.193 e. The van der Waals surface area contributed by atoms with E-state index in [1.807, 2.05) is 55.5 Å². The zero-order valence-electron chi connectivity index (χ0n) is 14.5. The zero-order valence-corrected chi connectivity index (χ0v) is 16.1. The summed E-state index contributed by atoms with van der Waals surface area (Å²) in [6, 6.07) is 15.3. The molecule has 2 aromatic rings. The molecular formula is C19H25Cl2N3O. The lowest BCUT2D eigenvalue weighted by Crippen LogP contribution is -2.23. The number of guanidine groups is 1. The summed E-state index contributed by atoms with van der Waals surface area (Å²) < 4.78 is 5.64. The second-order valence-electron chi connectivity index (χ2n) is 5.59. The number of anilines is 1.